The SMILES string of the molecule is C1=C(c2ccc(-c3ccc4c(-c5cccc6cc(-c7ccc(C8=NC(c9ccccc9)NC(c9ccc%10ccccc%10c9)N8)cc7)ccc56)cccc4c3)cc2)NC(c2ccccc2)N=C1c1ccccc1. The second-order valence-corrected chi connectivity index (χ2v) is 18.7. The Hall–Kier alpha value is -9.16. The van der Waals surface area contributed by atoms with E-state index >= 15 is 0 Å². The molecule has 0 aliphatic carbocycles. The van der Waals surface area contributed by atoms with E-state index in [9.17, 15) is 0 Å². The van der Waals surface area contributed by atoms with Crippen molar-refractivity contribution in [2.24, 2.45) is 9.98 Å². The minimum absolute atomic E-state index is 0.119. The van der Waals surface area contributed by atoms with Crippen LogP contribution >= 0.6 is 0 Å². The topological polar surface area (TPSA) is 60.8 Å². The highest BCUT2D eigenvalue weighted by Gasteiger charge is 2.26. The minimum Gasteiger partial charge on any atom is -0.360 e. The second kappa shape index (κ2) is 18.6. The summed E-state index contributed by atoms with van der Waals surface area (Å²) in [6.45, 7) is 0. The number of amidine groups is 1. The molecule has 13 rings (SSSR count). The monoisotopic (exact) mass is 923 g/mol. The van der Waals surface area contributed by atoms with Crippen molar-refractivity contribution in [2.45, 2.75) is 18.5 Å². The summed E-state index contributed by atoms with van der Waals surface area (Å²) in [6, 6.07) is 91.3. The summed E-state index contributed by atoms with van der Waals surface area (Å²) in [6.07, 6.45) is 1.67. The van der Waals surface area contributed by atoms with Gasteiger partial charge in [0.25, 0.3) is 0 Å². The molecule has 11 aromatic carbocycles. The van der Waals surface area contributed by atoms with Crippen molar-refractivity contribution in [1.82, 2.24) is 16.0 Å². The average Bonchev–Trinajstić information content (AvgIpc) is 3.47. The highest BCUT2D eigenvalue weighted by atomic mass is 15.3. The van der Waals surface area contributed by atoms with Gasteiger partial charge in [0.2, 0.25) is 0 Å². The fourth-order valence-corrected chi connectivity index (χ4v) is 10.4. The molecule has 0 radical (unpaired) electrons. The van der Waals surface area contributed by atoms with Crippen molar-refractivity contribution in [3.63, 3.8) is 0 Å². The predicted octanol–water partition coefficient (Wildman–Crippen LogP) is 15.6. The van der Waals surface area contributed by atoms with Crippen LogP contribution in [-0.4, -0.2) is 11.5 Å². The van der Waals surface area contributed by atoms with Crippen LogP contribution in [0.1, 0.15) is 51.9 Å². The Labute approximate surface area is 419 Å². The lowest BCUT2D eigenvalue weighted by Gasteiger charge is -2.32. The second-order valence-electron chi connectivity index (χ2n) is 18.7. The van der Waals surface area contributed by atoms with Gasteiger partial charge < -0.3 is 10.6 Å². The first-order valence-corrected chi connectivity index (χ1v) is 24.7. The summed E-state index contributed by atoms with van der Waals surface area (Å²) in [7, 11) is 0. The van der Waals surface area contributed by atoms with Crippen LogP contribution in [0.4, 0.5) is 0 Å². The first-order chi connectivity index (χ1) is 35.6. The highest BCUT2D eigenvalue weighted by molar-refractivity contribution is 6.13. The van der Waals surface area contributed by atoms with Crippen LogP contribution in [0.2, 0.25) is 0 Å². The summed E-state index contributed by atoms with van der Waals surface area (Å²) < 4.78 is 0. The van der Waals surface area contributed by atoms with E-state index in [-0.39, 0.29) is 18.5 Å². The molecule has 3 unspecified atom stereocenters. The third-order valence-electron chi connectivity index (χ3n) is 14.2. The summed E-state index contributed by atoms with van der Waals surface area (Å²) in [4.78, 5) is 10.3. The first kappa shape index (κ1) is 42.9. The van der Waals surface area contributed by atoms with E-state index in [1.807, 2.05) is 12.1 Å². The number of rotatable bonds is 9. The van der Waals surface area contributed by atoms with E-state index in [4.69, 9.17) is 9.98 Å². The van der Waals surface area contributed by atoms with Gasteiger partial charge in [-0.3, -0.25) is 10.3 Å². The van der Waals surface area contributed by atoms with Crippen LogP contribution in [0.15, 0.2) is 271 Å². The van der Waals surface area contributed by atoms with Crippen molar-refractivity contribution in [1.29, 1.82) is 0 Å². The van der Waals surface area contributed by atoms with Gasteiger partial charge in [0, 0.05) is 11.3 Å². The predicted molar refractivity (Wildman–Crippen MR) is 300 cm³/mol. The number of nitrogens with one attached hydrogen (secondary N) is 3. The molecule has 0 fully saturated rings. The number of nitrogens with zero attached hydrogens (tertiary/aromatic N) is 2. The number of allylic oxidation sites excluding steroid dienone is 1. The summed E-state index contributed by atoms with van der Waals surface area (Å²) in [5.74, 6) is 0.867. The van der Waals surface area contributed by atoms with Gasteiger partial charge in [0.15, 0.2) is 0 Å². The van der Waals surface area contributed by atoms with Gasteiger partial charge in [0.1, 0.15) is 24.3 Å². The molecule has 3 N–H and O–H groups in total. The van der Waals surface area contributed by atoms with Crippen molar-refractivity contribution in [2.75, 3.05) is 0 Å². The fourth-order valence-electron chi connectivity index (χ4n) is 10.4. The molecule has 0 amide bonds. The maximum atomic E-state index is 5.21. The highest BCUT2D eigenvalue weighted by Crippen LogP contribution is 2.38. The smallest absolute Gasteiger partial charge is 0.145 e. The lowest BCUT2D eigenvalue weighted by molar-refractivity contribution is 0.409. The Balaban J connectivity index is 0.759. The molecule has 0 aromatic heterocycles. The number of hydrogen-bond acceptors (Lipinski definition) is 5. The molecule has 0 bridgehead atoms. The van der Waals surface area contributed by atoms with Gasteiger partial charge in [-0.25, -0.2) is 4.99 Å². The lowest BCUT2D eigenvalue weighted by atomic mass is 9.91. The van der Waals surface area contributed by atoms with Gasteiger partial charge in [0.05, 0.1) is 5.71 Å². The Bertz CT molecular complexity index is 3880. The van der Waals surface area contributed by atoms with E-state index in [1.54, 1.807) is 0 Å². The van der Waals surface area contributed by atoms with E-state index in [0.29, 0.717) is 0 Å². The molecule has 3 atom stereocenters. The number of benzene rings is 11. The lowest BCUT2D eigenvalue weighted by Crippen LogP contribution is -2.44. The quantitative estimate of drug-likeness (QED) is 0.135. The molecule has 2 heterocycles. The largest absolute Gasteiger partial charge is 0.360 e. The normalized spacial score (nSPS) is 16.6. The average molecular weight is 924 g/mol. The van der Waals surface area contributed by atoms with Crippen LogP contribution in [0.25, 0.3) is 71.4 Å². The number of aliphatic imine (C=N–C) groups is 2. The van der Waals surface area contributed by atoms with Crippen LogP contribution in [-0.2, 0) is 0 Å². The third-order valence-corrected chi connectivity index (χ3v) is 14.2. The van der Waals surface area contributed by atoms with Gasteiger partial charge in [-0.2, -0.15) is 0 Å². The van der Waals surface area contributed by atoms with Gasteiger partial charge in [-0.1, -0.05) is 237 Å². The molecule has 0 saturated carbocycles. The van der Waals surface area contributed by atoms with Crippen LogP contribution in [0.3, 0.4) is 0 Å². The van der Waals surface area contributed by atoms with Crippen LogP contribution in [0.5, 0.6) is 0 Å². The van der Waals surface area contributed by atoms with E-state index < -0.39 is 0 Å². The van der Waals surface area contributed by atoms with Crippen molar-refractivity contribution >= 4 is 49.6 Å². The van der Waals surface area contributed by atoms with Crippen LogP contribution in [0, 0.1) is 0 Å². The van der Waals surface area contributed by atoms with Gasteiger partial charge in [-0.15, -0.1) is 0 Å². The number of hydrogen-bond donors (Lipinski definition) is 3. The van der Waals surface area contributed by atoms with E-state index in [1.165, 1.54) is 65.7 Å². The van der Waals surface area contributed by atoms with E-state index in [2.05, 4.69) is 265 Å². The molecule has 11 aromatic rings. The van der Waals surface area contributed by atoms with Gasteiger partial charge >= 0.3 is 0 Å². The molecule has 342 valence electrons. The minimum atomic E-state index is -0.197. The van der Waals surface area contributed by atoms with Crippen molar-refractivity contribution in [3.8, 4) is 33.4 Å². The third kappa shape index (κ3) is 8.42. The molecule has 0 spiro atoms. The molecule has 0 saturated heterocycles. The number of fused-ring (bicyclic) bond motifs is 3. The summed E-state index contributed by atoms with van der Waals surface area (Å²) >= 11 is 0. The molecule has 72 heavy (non-hydrogen) atoms. The van der Waals surface area contributed by atoms with Gasteiger partial charge in [-0.05, 0) is 118 Å². The van der Waals surface area contributed by atoms with Crippen molar-refractivity contribution < 1.29 is 0 Å². The molecule has 5 heteroatoms. The molecule has 2 aliphatic rings. The van der Waals surface area contributed by atoms with E-state index in [0.717, 1.165) is 50.6 Å². The molecular formula is C67H49N5. The zero-order valence-corrected chi connectivity index (χ0v) is 39.5. The molecule has 2 aliphatic heterocycles. The maximum absolute atomic E-state index is 5.21. The Kier molecular flexibility index (Phi) is 11.1. The molecular weight excluding hydrogens is 875 g/mol. The maximum Gasteiger partial charge on any atom is 0.145 e. The Morgan fingerprint density at radius 2 is 0.819 bits per heavy atom. The van der Waals surface area contributed by atoms with Crippen LogP contribution < -0.4 is 16.0 Å². The Morgan fingerprint density at radius 3 is 1.44 bits per heavy atom. The summed E-state index contributed by atoms with van der Waals surface area (Å²) in [5.41, 5.74) is 15.9. The Morgan fingerprint density at radius 1 is 0.306 bits per heavy atom. The standard InChI is InChI=1S/C67H49N5/c1-4-15-47(16-5-1)62-43-63(69-64(68-62)49-17-6-2-7-18-49)48-31-26-45(27-32-48)53-36-38-58-55(40-53)22-12-24-60(58)61-25-13-23-56-41-54(37-39-59(56)61)46-28-33-51(34-29-46)66-70-65(50-19-8-3-9-20-50)71-67(72-66)57-35-30-44-14-10-11-21-52(44)42-57/h1-43,64-65,67,69,71H,(H,70,72). The summed E-state index contributed by atoms with van der Waals surface area (Å²) in [5, 5.41) is 18.5. The first-order valence-electron chi connectivity index (χ1n) is 24.7. The fraction of sp³-hybridized carbons (Fsp3) is 0.0448. The zero-order valence-electron chi connectivity index (χ0n) is 39.5. The van der Waals surface area contributed by atoms with Crippen molar-refractivity contribution in [3.05, 3.63) is 294 Å². The molecule has 5 nitrogen and oxygen atoms in total. The zero-order chi connectivity index (χ0) is 47.8.